The molecule has 0 atom stereocenters. The number of hydrogen-bond acceptors (Lipinski definition) is 1. The maximum Gasteiger partial charge on any atom is 0.170 e. The molecule has 76 valence electrons. The van der Waals surface area contributed by atoms with E-state index < -0.39 is 5.82 Å². The molecule has 1 aromatic rings. The van der Waals surface area contributed by atoms with Crippen molar-refractivity contribution in [2.75, 3.05) is 12.4 Å². The highest BCUT2D eigenvalue weighted by atomic mass is 35.5. The van der Waals surface area contributed by atoms with Crippen LogP contribution in [0.25, 0.3) is 0 Å². The third-order valence-electron chi connectivity index (χ3n) is 1.47. The lowest BCUT2D eigenvalue weighted by atomic mass is 10.3. The summed E-state index contributed by atoms with van der Waals surface area (Å²) in [5, 5.41) is 6.17. The summed E-state index contributed by atoms with van der Waals surface area (Å²) in [7, 11) is 1.65. The number of anilines is 1. The average molecular weight is 253 g/mol. The molecule has 0 radical (unpaired) electrons. The molecule has 0 aliphatic rings. The van der Waals surface area contributed by atoms with Gasteiger partial charge in [-0.15, -0.1) is 0 Å². The van der Waals surface area contributed by atoms with Gasteiger partial charge in [-0.2, -0.15) is 0 Å². The predicted octanol–water partition coefficient (Wildman–Crippen LogP) is 3.05. The van der Waals surface area contributed by atoms with E-state index in [1.165, 1.54) is 0 Å². The van der Waals surface area contributed by atoms with Gasteiger partial charge in [-0.3, -0.25) is 0 Å². The summed E-state index contributed by atoms with van der Waals surface area (Å²) < 4.78 is 12.8. The number of benzene rings is 1. The normalized spacial score (nSPS) is 9.71. The van der Waals surface area contributed by atoms with Crippen molar-refractivity contribution in [3.05, 3.63) is 28.0 Å². The van der Waals surface area contributed by atoms with E-state index in [2.05, 4.69) is 10.6 Å². The van der Waals surface area contributed by atoms with E-state index in [9.17, 15) is 4.39 Å². The zero-order valence-electron chi connectivity index (χ0n) is 7.20. The van der Waals surface area contributed by atoms with Crippen LogP contribution in [0.3, 0.4) is 0 Å². The van der Waals surface area contributed by atoms with E-state index in [0.29, 0.717) is 10.8 Å². The van der Waals surface area contributed by atoms with Crippen LogP contribution in [0.2, 0.25) is 10.0 Å². The summed E-state index contributed by atoms with van der Waals surface area (Å²) in [4.78, 5) is 0. The minimum absolute atomic E-state index is 0.188. The maximum absolute atomic E-state index is 12.8. The quantitative estimate of drug-likeness (QED) is 0.752. The van der Waals surface area contributed by atoms with Crippen LogP contribution in [0.5, 0.6) is 0 Å². The Bertz CT molecular complexity index is 347. The van der Waals surface area contributed by atoms with Gasteiger partial charge in [-0.05, 0) is 24.4 Å². The van der Waals surface area contributed by atoms with Crippen LogP contribution in [0, 0.1) is 5.82 Å². The van der Waals surface area contributed by atoms with E-state index in [1.54, 1.807) is 7.05 Å². The number of hydrogen-bond donors (Lipinski definition) is 2. The second-order valence-corrected chi connectivity index (χ2v) is 3.67. The molecule has 2 N–H and O–H groups in total. The highest BCUT2D eigenvalue weighted by Gasteiger charge is 2.08. The molecule has 14 heavy (non-hydrogen) atoms. The summed E-state index contributed by atoms with van der Waals surface area (Å²) in [5.74, 6) is -0.485. The van der Waals surface area contributed by atoms with Gasteiger partial charge in [0, 0.05) is 7.05 Å². The van der Waals surface area contributed by atoms with Crippen LogP contribution in [0.15, 0.2) is 12.1 Å². The van der Waals surface area contributed by atoms with Gasteiger partial charge in [-0.25, -0.2) is 4.39 Å². The van der Waals surface area contributed by atoms with Crippen molar-refractivity contribution < 1.29 is 4.39 Å². The first-order valence-corrected chi connectivity index (χ1v) is 4.84. The Morgan fingerprint density at radius 2 is 1.86 bits per heavy atom. The molecule has 6 heteroatoms. The summed E-state index contributed by atoms with van der Waals surface area (Å²) >= 11 is 16.4. The van der Waals surface area contributed by atoms with Gasteiger partial charge in [-0.1, -0.05) is 23.2 Å². The Labute approximate surface area is 96.4 Å². The van der Waals surface area contributed by atoms with Gasteiger partial charge in [0.2, 0.25) is 0 Å². The second kappa shape index (κ2) is 4.77. The number of halogens is 3. The van der Waals surface area contributed by atoms with Crippen molar-refractivity contribution in [2.24, 2.45) is 0 Å². The van der Waals surface area contributed by atoms with Crippen molar-refractivity contribution in [2.45, 2.75) is 0 Å². The second-order valence-electron chi connectivity index (χ2n) is 2.45. The first-order chi connectivity index (χ1) is 6.54. The van der Waals surface area contributed by atoms with E-state index in [0.717, 1.165) is 12.1 Å². The van der Waals surface area contributed by atoms with Crippen LogP contribution >= 0.6 is 35.4 Å². The Morgan fingerprint density at radius 3 is 2.29 bits per heavy atom. The number of nitrogens with one attached hydrogen (secondary N) is 2. The summed E-state index contributed by atoms with van der Waals surface area (Å²) in [6, 6.07) is 2.32. The molecule has 0 spiro atoms. The third kappa shape index (κ3) is 2.70. The minimum Gasteiger partial charge on any atom is -0.366 e. The highest BCUT2D eigenvalue weighted by molar-refractivity contribution is 7.80. The Morgan fingerprint density at radius 1 is 1.36 bits per heavy atom. The highest BCUT2D eigenvalue weighted by Crippen LogP contribution is 2.31. The van der Waals surface area contributed by atoms with Crippen LogP contribution < -0.4 is 10.6 Å². The number of thiocarbonyl (C=S) groups is 1. The van der Waals surface area contributed by atoms with Crippen LogP contribution in [0.4, 0.5) is 10.1 Å². The maximum atomic E-state index is 12.8. The van der Waals surface area contributed by atoms with Gasteiger partial charge in [0.25, 0.3) is 0 Å². The molecule has 0 aliphatic carbocycles. The lowest BCUT2D eigenvalue weighted by Gasteiger charge is -2.10. The monoisotopic (exact) mass is 252 g/mol. The SMILES string of the molecule is CNC(=S)Nc1c(Cl)cc(F)cc1Cl. The van der Waals surface area contributed by atoms with E-state index >= 15 is 0 Å². The molecule has 0 unspecified atom stereocenters. The van der Waals surface area contributed by atoms with Gasteiger partial charge < -0.3 is 10.6 Å². The average Bonchev–Trinajstić information content (AvgIpc) is 2.10. The van der Waals surface area contributed by atoms with Crippen molar-refractivity contribution >= 4 is 46.2 Å². The molecule has 0 bridgehead atoms. The standard InChI is InChI=1S/C8H7Cl2FN2S/c1-12-8(14)13-7-5(9)2-4(11)3-6(7)10/h2-3H,1H3,(H2,12,13,14). The largest absolute Gasteiger partial charge is 0.366 e. The molecular formula is C8H7Cl2FN2S. The molecule has 0 heterocycles. The van der Waals surface area contributed by atoms with E-state index in [-0.39, 0.29) is 10.0 Å². The zero-order chi connectivity index (χ0) is 10.7. The lowest BCUT2D eigenvalue weighted by molar-refractivity contribution is 0.628. The predicted molar refractivity (Wildman–Crippen MR) is 61.7 cm³/mol. The fourth-order valence-electron chi connectivity index (χ4n) is 0.838. The van der Waals surface area contributed by atoms with Gasteiger partial charge >= 0.3 is 0 Å². The lowest BCUT2D eigenvalue weighted by Crippen LogP contribution is -2.24. The van der Waals surface area contributed by atoms with Crippen molar-refractivity contribution in [3.8, 4) is 0 Å². The fraction of sp³-hybridized carbons (Fsp3) is 0.125. The topological polar surface area (TPSA) is 24.1 Å². The molecule has 1 aromatic carbocycles. The van der Waals surface area contributed by atoms with E-state index in [4.69, 9.17) is 35.4 Å². The van der Waals surface area contributed by atoms with Gasteiger partial charge in [0.05, 0.1) is 15.7 Å². The summed E-state index contributed by atoms with van der Waals surface area (Å²) in [6.45, 7) is 0. The molecule has 0 saturated heterocycles. The van der Waals surface area contributed by atoms with Crippen molar-refractivity contribution in [3.63, 3.8) is 0 Å². The summed E-state index contributed by atoms with van der Waals surface area (Å²) in [5.41, 5.74) is 0.397. The molecule has 0 saturated carbocycles. The van der Waals surface area contributed by atoms with Crippen LogP contribution in [0.1, 0.15) is 0 Å². The van der Waals surface area contributed by atoms with E-state index in [1.807, 2.05) is 0 Å². The Hall–Kier alpha value is -0.580. The first kappa shape index (κ1) is 11.5. The molecule has 0 aliphatic heterocycles. The van der Waals surface area contributed by atoms with Gasteiger partial charge in [0.15, 0.2) is 5.11 Å². The molecule has 1 rings (SSSR count). The minimum atomic E-state index is -0.485. The van der Waals surface area contributed by atoms with Gasteiger partial charge in [0.1, 0.15) is 5.82 Å². The number of rotatable bonds is 1. The molecule has 0 amide bonds. The van der Waals surface area contributed by atoms with Crippen molar-refractivity contribution in [1.82, 2.24) is 5.32 Å². The summed E-state index contributed by atoms with van der Waals surface area (Å²) in [6.07, 6.45) is 0. The fourth-order valence-corrected chi connectivity index (χ4v) is 1.49. The molecule has 0 fully saturated rings. The first-order valence-electron chi connectivity index (χ1n) is 3.68. The van der Waals surface area contributed by atoms with Crippen molar-refractivity contribution in [1.29, 1.82) is 0 Å². The molecule has 2 nitrogen and oxygen atoms in total. The van der Waals surface area contributed by atoms with Crippen LogP contribution in [-0.2, 0) is 0 Å². The Balaban J connectivity index is 3.02. The Kier molecular flexibility index (Phi) is 3.92. The third-order valence-corrected chi connectivity index (χ3v) is 2.37. The van der Waals surface area contributed by atoms with Crippen LogP contribution in [-0.4, -0.2) is 12.2 Å². The zero-order valence-corrected chi connectivity index (χ0v) is 9.53. The smallest absolute Gasteiger partial charge is 0.170 e. The molecule has 0 aromatic heterocycles. The molecular weight excluding hydrogens is 246 g/mol.